The van der Waals surface area contributed by atoms with Crippen LogP contribution in [0.3, 0.4) is 0 Å². The van der Waals surface area contributed by atoms with Gasteiger partial charge in [0.15, 0.2) is 0 Å². The Bertz CT molecular complexity index is 448. The summed E-state index contributed by atoms with van der Waals surface area (Å²) >= 11 is 0. The van der Waals surface area contributed by atoms with Crippen molar-refractivity contribution in [2.75, 3.05) is 13.1 Å². The second-order valence-corrected chi connectivity index (χ2v) is 6.34. The first kappa shape index (κ1) is 17.3. The van der Waals surface area contributed by atoms with Crippen molar-refractivity contribution in [3.05, 3.63) is 0 Å². The molecule has 0 bridgehead atoms. The first-order valence-electron chi connectivity index (χ1n) is 7.82. The van der Waals surface area contributed by atoms with E-state index in [-0.39, 0.29) is 10.8 Å². The number of likely N-dealkylation sites (tertiary alicyclic amines) is 1. The summed E-state index contributed by atoms with van der Waals surface area (Å²) in [6.07, 6.45) is 7.58. The summed E-state index contributed by atoms with van der Waals surface area (Å²) in [5, 5.41) is 17.9. The van der Waals surface area contributed by atoms with Gasteiger partial charge in [-0.2, -0.15) is 10.5 Å². The Morgan fingerprint density at radius 1 is 1.33 bits per heavy atom. The minimum atomic E-state index is 0.0515. The molecule has 0 aliphatic carbocycles. The molecule has 1 heterocycles. The maximum absolute atomic E-state index is 9.32. The fraction of sp³-hybridized carbons (Fsp3) is 0.812. The number of nitriles is 2. The largest absolute Gasteiger partial charge is 0.369 e. The van der Waals surface area contributed by atoms with E-state index in [2.05, 4.69) is 31.8 Å². The van der Waals surface area contributed by atoms with E-state index in [4.69, 9.17) is 11.0 Å². The zero-order valence-corrected chi connectivity index (χ0v) is 13.5. The molecule has 2 N–H and O–H groups in total. The summed E-state index contributed by atoms with van der Waals surface area (Å²) in [4.78, 5) is 5.58. The minimum absolute atomic E-state index is 0.0515. The number of guanidine groups is 1. The third kappa shape index (κ3) is 3.47. The Morgan fingerprint density at radius 3 is 2.38 bits per heavy atom. The molecule has 1 fully saturated rings. The van der Waals surface area contributed by atoms with E-state index in [0.717, 1.165) is 45.2 Å². The van der Waals surface area contributed by atoms with Crippen LogP contribution >= 0.6 is 0 Å². The van der Waals surface area contributed by atoms with Crippen LogP contribution in [0.15, 0.2) is 4.99 Å². The highest BCUT2D eigenvalue weighted by molar-refractivity contribution is 5.79. The van der Waals surface area contributed by atoms with Gasteiger partial charge < -0.3 is 10.6 Å². The van der Waals surface area contributed by atoms with Crippen LogP contribution in [0.1, 0.15) is 59.3 Å². The molecule has 1 aliphatic heterocycles. The van der Waals surface area contributed by atoms with E-state index in [1.165, 1.54) is 0 Å². The third-order valence-corrected chi connectivity index (χ3v) is 5.49. The second-order valence-electron chi connectivity index (χ2n) is 6.34. The topological polar surface area (TPSA) is 89.2 Å². The van der Waals surface area contributed by atoms with Crippen LogP contribution in [0.2, 0.25) is 0 Å². The Morgan fingerprint density at radius 2 is 1.95 bits per heavy atom. The van der Waals surface area contributed by atoms with Gasteiger partial charge in [0.25, 0.3) is 0 Å². The molecule has 1 rings (SSSR count). The van der Waals surface area contributed by atoms with Gasteiger partial charge in [-0.3, -0.25) is 0 Å². The lowest BCUT2D eigenvalue weighted by Gasteiger charge is -2.52. The summed E-state index contributed by atoms with van der Waals surface area (Å²) in [6.45, 7) is 8.32. The van der Waals surface area contributed by atoms with Crippen molar-refractivity contribution >= 4 is 5.96 Å². The maximum Gasteiger partial charge on any atom is 0.209 e. The van der Waals surface area contributed by atoms with Gasteiger partial charge in [-0.1, -0.05) is 33.6 Å². The van der Waals surface area contributed by atoms with Crippen LogP contribution in [0.5, 0.6) is 0 Å². The molecule has 116 valence electrons. The van der Waals surface area contributed by atoms with Gasteiger partial charge in [0.1, 0.15) is 0 Å². The molecule has 21 heavy (non-hydrogen) atoms. The number of nitrogens with two attached hydrogens (primary N) is 1. The minimum Gasteiger partial charge on any atom is -0.369 e. The normalized spacial score (nSPS) is 21.2. The molecule has 1 saturated heterocycles. The van der Waals surface area contributed by atoms with Crippen molar-refractivity contribution in [3.8, 4) is 12.3 Å². The van der Waals surface area contributed by atoms with Gasteiger partial charge >= 0.3 is 0 Å². The number of piperidine rings is 1. The van der Waals surface area contributed by atoms with Gasteiger partial charge in [-0.05, 0) is 30.1 Å². The van der Waals surface area contributed by atoms with Gasteiger partial charge in [0.05, 0.1) is 6.07 Å². The highest BCUT2D eigenvalue weighted by Crippen LogP contribution is 2.54. The molecule has 5 nitrogen and oxygen atoms in total. The Balaban J connectivity index is 2.95. The zero-order chi connectivity index (χ0) is 15.9. The van der Waals surface area contributed by atoms with Crippen molar-refractivity contribution < 1.29 is 0 Å². The Kier molecular flexibility index (Phi) is 6.03. The quantitative estimate of drug-likeness (QED) is 0.478. The third-order valence-electron chi connectivity index (χ3n) is 5.49. The van der Waals surface area contributed by atoms with Crippen molar-refractivity contribution in [1.29, 1.82) is 10.5 Å². The molecule has 5 heteroatoms. The van der Waals surface area contributed by atoms with E-state index < -0.39 is 0 Å². The van der Waals surface area contributed by atoms with Crippen molar-refractivity contribution in [2.24, 2.45) is 21.6 Å². The lowest BCUT2D eigenvalue weighted by Crippen LogP contribution is -2.51. The molecule has 0 radical (unpaired) electrons. The summed E-state index contributed by atoms with van der Waals surface area (Å²) in [5.74, 6) is 0.303. The molecule has 1 atom stereocenters. The molecule has 0 amide bonds. The molecule has 1 unspecified atom stereocenters. The van der Waals surface area contributed by atoms with Gasteiger partial charge in [-0.25, -0.2) is 0 Å². The van der Waals surface area contributed by atoms with Gasteiger partial charge in [0, 0.05) is 19.5 Å². The van der Waals surface area contributed by atoms with Crippen molar-refractivity contribution in [1.82, 2.24) is 4.90 Å². The van der Waals surface area contributed by atoms with E-state index >= 15 is 0 Å². The van der Waals surface area contributed by atoms with Crippen LogP contribution in [-0.2, 0) is 0 Å². The molecule has 0 saturated carbocycles. The standard InChI is InChI=1S/C16H27N5/c1-4-6-15(3,5-2)16(7-10-17)8-11-21(12-9-16)14(19)20-13-18/h4-9,11-12H2,1-3H3,(H2,19,20). The molecular weight excluding hydrogens is 262 g/mol. The highest BCUT2D eigenvalue weighted by atomic mass is 15.3. The van der Waals surface area contributed by atoms with Gasteiger partial charge in [0.2, 0.25) is 12.2 Å². The molecular formula is C16H27N5. The van der Waals surface area contributed by atoms with Crippen LogP contribution in [-0.4, -0.2) is 23.9 Å². The van der Waals surface area contributed by atoms with E-state index in [0.29, 0.717) is 12.4 Å². The lowest BCUT2D eigenvalue weighted by atomic mass is 9.55. The van der Waals surface area contributed by atoms with Crippen molar-refractivity contribution in [3.63, 3.8) is 0 Å². The zero-order valence-electron chi connectivity index (χ0n) is 13.5. The lowest BCUT2D eigenvalue weighted by molar-refractivity contribution is -0.00936. The molecule has 0 aromatic rings. The molecule has 1 aliphatic rings. The fourth-order valence-electron chi connectivity index (χ4n) is 3.80. The summed E-state index contributed by atoms with van der Waals surface area (Å²) in [7, 11) is 0. The summed E-state index contributed by atoms with van der Waals surface area (Å²) in [6, 6.07) is 2.41. The Labute approximate surface area is 128 Å². The predicted octanol–water partition coefficient (Wildman–Crippen LogP) is 2.99. The van der Waals surface area contributed by atoms with Crippen LogP contribution in [0.4, 0.5) is 0 Å². The van der Waals surface area contributed by atoms with E-state index in [9.17, 15) is 5.26 Å². The SMILES string of the molecule is CCCC(C)(CC)C1(CC#N)CCN(/C(N)=N/C#N)CC1. The average molecular weight is 289 g/mol. The molecule has 0 aromatic carbocycles. The average Bonchev–Trinajstić information content (AvgIpc) is 2.48. The van der Waals surface area contributed by atoms with Crippen LogP contribution in [0, 0.1) is 33.6 Å². The van der Waals surface area contributed by atoms with E-state index in [1.807, 2.05) is 4.90 Å². The predicted molar refractivity (Wildman–Crippen MR) is 84.0 cm³/mol. The number of hydrogen-bond acceptors (Lipinski definition) is 3. The smallest absolute Gasteiger partial charge is 0.209 e. The Hall–Kier alpha value is -1.75. The highest BCUT2D eigenvalue weighted by Gasteiger charge is 2.47. The number of aliphatic imine (C=N–C) groups is 1. The maximum atomic E-state index is 9.32. The van der Waals surface area contributed by atoms with Crippen molar-refractivity contribution in [2.45, 2.75) is 59.3 Å². The molecule has 0 spiro atoms. The fourth-order valence-corrected chi connectivity index (χ4v) is 3.80. The van der Waals surface area contributed by atoms with E-state index in [1.54, 1.807) is 6.19 Å². The summed E-state index contributed by atoms with van der Waals surface area (Å²) < 4.78 is 0. The molecule has 0 aromatic heterocycles. The first-order chi connectivity index (χ1) is 9.98. The first-order valence-corrected chi connectivity index (χ1v) is 7.82. The number of rotatable bonds is 5. The summed E-state index contributed by atoms with van der Waals surface area (Å²) in [5.41, 5.74) is 6.05. The monoisotopic (exact) mass is 289 g/mol. The number of hydrogen-bond donors (Lipinski definition) is 1. The second kappa shape index (κ2) is 7.31. The van der Waals surface area contributed by atoms with Crippen LogP contribution in [0.25, 0.3) is 0 Å². The number of nitrogens with zero attached hydrogens (tertiary/aromatic N) is 4. The van der Waals surface area contributed by atoms with Crippen LogP contribution < -0.4 is 5.73 Å². The van der Waals surface area contributed by atoms with Gasteiger partial charge in [-0.15, -0.1) is 4.99 Å².